The molecule has 0 unspecified atom stereocenters. The van der Waals surface area contributed by atoms with Gasteiger partial charge in [0.25, 0.3) is 0 Å². The Bertz CT molecular complexity index is 932. The van der Waals surface area contributed by atoms with Crippen LogP contribution in [0.15, 0.2) is 48.7 Å². The van der Waals surface area contributed by atoms with Crippen molar-refractivity contribution in [3.8, 4) is 11.3 Å². The fourth-order valence-corrected chi connectivity index (χ4v) is 4.58. The van der Waals surface area contributed by atoms with Gasteiger partial charge in [-0.2, -0.15) is 0 Å². The van der Waals surface area contributed by atoms with Gasteiger partial charge in [-0.3, -0.25) is 0 Å². The van der Waals surface area contributed by atoms with Crippen LogP contribution < -0.4 is 4.57 Å². The van der Waals surface area contributed by atoms with Crippen molar-refractivity contribution >= 4 is 10.8 Å². The summed E-state index contributed by atoms with van der Waals surface area (Å²) in [4.78, 5) is 0. The second-order valence-electron chi connectivity index (χ2n) is 8.05. The topological polar surface area (TPSA) is 3.88 Å². The molecule has 0 aliphatic heterocycles. The average molecular weight is 345 g/mol. The number of aryl methyl sites for hydroxylation is 3. The Hall–Kier alpha value is -2.15. The van der Waals surface area contributed by atoms with E-state index in [1.807, 2.05) is 0 Å². The van der Waals surface area contributed by atoms with Gasteiger partial charge in [-0.05, 0) is 59.9 Å². The molecule has 4 rings (SSSR count). The van der Waals surface area contributed by atoms with Gasteiger partial charge in [0.1, 0.15) is 7.05 Å². The van der Waals surface area contributed by atoms with E-state index < -0.39 is 0 Å². The van der Waals surface area contributed by atoms with Crippen molar-refractivity contribution in [3.05, 3.63) is 65.4 Å². The predicted molar refractivity (Wildman–Crippen MR) is 110 cm³/mol. The zero-order valence-corrected chi connectivity index (χ0v) is 16.4. The zero-order valence-electron chi connectivity index (χ0n) is 16.4. The quantitative estimate of drug-likeness (QED) is 0.516. The van der Waals surface area contributed by atoms with Crippen LogP contribution in [0, 0.1) is 12.8 Å². The Kier molecular flexibility index (Phi) is 4.80. The first-order chi connectivity index (χ1) is 12.7. The van der Waals surface area contributed by atoms with Crippen LogP contribution in [0.4, 0.5) is 0 Å². The molecular weight excluding hydrogens is 314 g/mol. The molecule has 1 fully saturated rings. The van der Waals surface area contributed by atoms with Crippen LogP contribution in [-0.2, 0) is 19.9 Å². The van der Waals surface area contributed by atoms with Crippen molar-refractivity contribution in [2.24, 2.45) is 13.0 Å². The van der Waals surface area contributed by atoms with E-state index in [4.69, 9.17) is 0 Å². The highest BCUT2D eigenvalue weighted by molar-refractivity contribution is 5.94. The lowest BCUT2D eigenvalue weighted by atomic mass is 9.93. The molecule has 3 aromatic rings. The van der Waals surface area contributed by atoms with Gasteiger partial charge in [0.15, 0.2) is 6.20 Å². The van der Waals surface area contributed by atoms with E-state index in [1.165, 1.54) is 70.8 Å². The van der Waals surface area contributed by atoms with E-state index in [9.17, 15) is 0 Å². The maximum Gasteiger partial charge on any atom is 0.220 e. The molecule has 2 aromatic carbocycles. The molecule has 26 heavy (non-hydrogen) atoms. The molecule has 1 aliphatic carbocycles. The minimum absolute atomic E-state index is 0.898. The number of aromatic nitrogens is 1. The second-order valence-corrected chi connectivity index (χ2v) is 8.05. The molecule has 0 spiro atoms. The van der Waals surface area contributed by atoms with Gasteiger partial charge in [-0.15, -0.1) is 0 Å². The molecule has 134 valence electrons. The summed E-state index contributed by atoms with van der Waals surface area (Å²) in [5, 5.41) is 2.73. The Balaban J connectivity index is 1.80. The lowest BCUT2D eigenvalue weighted by Gasteiger charge is -2.12. The van der Waals surface area contributed by atoms with Gasteiger partial charge in [0.05, 0.1) is 5.39 Å². The summed E-state index contributed by atoms with van der Waals surface area (Å²) in [7, 11) is 2.17. The summed E-state index contributed by atoms with van der Waals surface area (Å²) in [5.41, 5.74) is 6.95. The van der Waals surface area contributed by atoms with E-state index in [1.54, 1.807) is 0 Å². The Labute approximate surface area is 157 Å². The maximum atomic E-state index is 2.43. The number of fused-ring (bicyclic) bond motifs is 1. The monoisotopic (exact) mass is 344 g/mol. The summed E-state index contributed by atoms with van der Waals surface area (Å²) < 4.78 is 2.28. The van der Waals surface area contributed by atoms with E-state index >= 15 is 0 Å². The Morgan fingerprint density at radius 3 is 2.50 bits per heavy atom. The molecule has 0 amide bonds. The molecule has 1 nitrogen and oxygen atoms in total. The smallest absolute Gasteiger partial charge is 0.200 e. The number of benzene rings is 2. The number of hydrogen-bond acceptors (Lipinski definition) is 0. The predicted octanol–water partition coefficient (Wildman–Crippen LogP) is 5.93. The number of hydrogen-bond donors (Lipinski definition) is 0. The molecule has 0 atom stereocenters. The fourth-order valence-electron chi connectivity index (χ4n) is 4.58. The third-order valence-corrected chi connectivity index (χ3v) is 6.17. The van der Waals surface area contributed by atoms with Gasteiger partial charge in [0, 0.05) is 11.6 Å². The summed E-state index contributed by atoms with van der Waals surface area (Å²) in [6.07, 6.45) is 10.2. The number of rotatable bonds is 4. The Morgan fingerprint density at radius 1 is 0.962 bits per heavy atom. The second kappa shape index (κ2) is 7.23. The largest absolute Gasteiger partial charge is 0.220 e. The van der Waals surface area contributed by atoms with Crippen LogP contribution in [0.3, 0.4) is 0 Å². The van der Waals surface area contributed by atoms with Crippen molar-refractivity contribution in [2.75, 3.05) is 0 Å². The molecule has 1 aliphatic rings. The molecule has 1 heteroatoms. The number of pyridine rings is 1. The van der Waals surface area contributed by atoms with Crippen molar-refractivity contribution in [3.63, 3.8) is 0 Å². The molecule has 1 heterocycles. The van der Waals surface area contributed by atoms with Gasteiger partial charge in [-0.25, -0.2) is 4.57 Å². The summed E-state index contributed by atoms with van der Waals surface area (Å²) >= 11 is 0. The van der Waals surface area contributed by atoms with Crippen molar-refractivity contribution in [1.29, 1.82) is 0 Å². The van der Waals surface area contributed by atoms with E-state index in [-0.39, 0.29) is 0 Å². The van der Waals surface area contributed by atoms with Crippen LogP contribution in [0.25, 0.3) is 22.0 Å². The number of nitrogens with zero attached hydrogens (tertiary/aromatic N) is 1. The normalized spacial score (nSPS) is 15.0. The molecular formula is C25H30N+. The minimum Gasteiger partial charge on any atom is -0.200 e. The van der Waals surface area contributed by atoms with Gasteiger partial charge < -0.3 is 0 Å². The van der Waals surface area contributed by atoms with Crippen LogP contribution in [0.1, 0.15) is 49.3 Å². The van der Waals surface area contributed by atoms with Gasteiger partial charge >= 0.3 is 0 Å². The van der Waals surface area contributed by atoms with Crippen LogP contribution in [0.2, 0.25) is 0 Å². The average Bonchev–Trinajstić information content (AvgIpc) is 3.16. The van der Waals surface area contributed by atoms with Crippen LogP contribution >= 0.6 is 0 Å². The third kappa shape index (κ3) is 3.28. The highest BCUT2D eigenvalue weighted by Crippen LogP contribution is 2.32. The SMILES string of the molecule is CCc1ccc(C)c(-c2c3ccc(CC4CCCC4)cc3cc[n+]2C)c1. The van der Waals surface area contributed by atoms with Crippen LogP contribution in [0.5, 0.6) is 0 Å². The van der Waals surface area contributed by atoms with Crippen molar-refractivity contribution < 1.29 is 4.57 Å². The van der Waals surface area contributed by atoms with Gasteiger partial charge in [0.2, 0.25) is 5.69 Å². The molecule has 0 radical (unpaired) electrons. The van der Waals surface area contributed by atoms with Crippen molar-refractivity contribution in [2.45, 2.75) is 52.4 Å². The van der Waals surface area contributed by atoms with E-state index in [0.717, 1.165) is 12.3 Å². The zero-order chi connectivity index (χ0) is 18.1. The molecule has 0 N–H and O–H groups in total. The first kappa shape index (κ1) is 17.3. The highest BCUT2D eigenvalue weighted by Gasteiger charge is 2.19. The summed E-state index contributed by atoms with van der Waals surface area (Å²) in [5.74, 6) is 0.898. The first-order valence-corrected chi connectivity index (χ1v) is 10.2. The molecule has 0 bridgehead atoms. The fraction of sp³-hybridized carbons (Fsp3) is 0.400. The molecule has 1 aromatic heterocycles. The lowest BCUT2D eigenvalue weighted by molar-refractivity contribution is -0.659. The van der Waals surface area contributed by atoms with Crippen LogP contribution in [-0.4, -0.2) is 0 Å². The Morgan fingerprint density at radius 2 is 1.73 bits per heavy atom. The summed E-state index contributed by atoms with van der Waals surface area (Å²) in [6.45, 7) is 4.45. The molecule has 0 saturated heterocycles. The minimum atomic E-state index is 0.898. The molecule has 1 saturated carbocycles. The van der Waals surface area contributed by atoms with Crippen molar-refractivity contribution in [1.82, 2.24) is 0 Å². The maximum absolute atomic E-state index is 2.43. The standard InChI is InChI=1S/C25H30N/c1-4-19-10-9-18(2)24(17-19)25-23-12-11-21(15-20-7-5-6-8-20)16-22(23)13-14-26(25)3/h9-14,16-17,20H,4-8,15H2,1-3H3/q+1. The third-order valence-electron chi connectivity index (χ3n) is 6.17. The van der Waals surface area contributed by atoms with E-state index in [0.29, 0.717) is 0 Å². The van der Waals surface area contributed by atoms with E-state index in [2.05, 4.69) is 74.1 Å². The lowest BCUT2D eigenvalue weighted by Crippen LogP contribution is -2.30. The van der Waals surface area contributed by atoms with Gasteiger partial charge in [-0.1, -0.05) is 56.9 Å². The highest BCUT2D eigenvalue weighted by atomic mass is 14.9. The first-order valence-electron chi connectivity index (χ1n) is 10.2. The summed E-state index contributed by atoms with van der Waals surface area (Å²) in [6, 6.07) is 16.3.